The van der Waals surface area contributed by atoms with E-state index in [4.69, 9.17) is 36.5 Å². The number of benzene rings is 2. The Morgan fingerprint density at radius 1 is 0.595 bits per heavy atom. The van der Waals surface area contributed by atoms with Crippen molar-refractivity contribution in [1.82, 2.24) is 9.97 Å². The second-order valence-electron chi connectivity index (χ2n) is 9.83. The highest BCUT2D eigenvalue weighted by molar-refractivity contribution is 8.76. The maximum absolute atomic E-state index is 5.92. The molecule has 2 aromatic heterocycles. The molecular weight excluding hydrogens is 645 g/mol. The van der Waals surface area contributed by atoms with Crippen molar-refractivity contribution in [2.45, 2.75) is 36.8 Å². The molecule has 0 radical (unpaired) electrons. The minimum Gasteiger partial charge on any atom is -0.377 e. The van der Waals surface area contributed by atoms with Crippen LogP contribution in [0.3, 0.4) is 0 Å². The molecule has 0 N–H and O–H groups in total. The fourth-order valence-electron chi connectivity index (χ4n) is 5.31. The maximum Gasteiger partial charge on any atom is 0.503 e. The minimum absolute atomic E-state index is 0.000626. The van der Waals surface area contributed by atoms with Gasteiger partial charge in [0.05, 0.1) is 30.4 Å². The van der Waals surface area contributed by atoms with Gasteiger partial charge in [0.2, 0.25) is 0 Å². The van der Waals surface area contributed by atoms with E-state index in [2.05, 4.69) is 50.2 Å². The SMILES string of the molecule is CO[Si](OC)(OC)C(C)C(CSSCC(c1nc2ccccc2s1)C(C)[Si](OC)(OC)OC)c1nc2ccccc2s1. The van der Waals surface area contributed by atoms with Crippen molar-refractivity contribution in [1.29, 1.82) is 0 Å². The molecule has 0 spiro atoms. The summed E-state index contributed by atoms with van der Waals surface area (Å²) < 4.78 is 37.9. The van der Waals surface area contributed by atoms with Crippen LogP contribution in [0.2, 0.25) is 11.1 Å². The molecule has 0 aliphatic heterocycles. The molecule has 2 heterocycles. The summed E-state index contributed by atoms with van der Waals surface area (Å²) in [4.78, 5) is 10.1. The largest absolute Gasteiger partial charge is 0.503 e. The van der Waals surface area contributed by atoms with Gasteiger partial charge in [0.1, 0.15) is 0 Å². The van der Waals surface area contributed by atoms with E-state index in [0.29, 0.717) is 0 Å². The lowest BCUT2D eigenvalue weighted by molar-refractivity contribution is 0.109. The first-order valence-electron chi connectivity index (χ1n) is 13.6. The summed E-state index contributed by atoms with van der Waals surface area (Å²) in [5.41, 5.74) is 2.02. The van der Waals surface area contributed by atoms with Crippen LogP contribution in [0.4, 0.5) is 0 Å². The Morgan fingerprint density at radius 3 is 1.24 bits per heavy atom. The van der Waals surface area contributed by atoms with E-state index in [1.165, 1.54) is 9.40 Å². The van der Waals surface area contributed by atoms with Gasteiger partial charge >= 0.3 is 17.6 Å². The van der Waals surface area contributed by atoms with Gasteiger partial charge in [-0.1, -0.05) is 59.7 Å². The third kappa shape index (κ3) is 7.00. The quantitative estimate of drug-likeness (QED) is 0.0627. The van der Waals surface area contributed by atoms with Gasteiger partial charge in [-0.25, -0.2) is 9.97 Å². The molecule has 0 aliphatic carbocycles. The van der Waals surface area contributed by atoms with Crippen LogP contribution in [0.25, 0.3) is 20.4 Å². The van der Waals surface area contributed by atoms with Gasteiger partial charge in [-0.3, -0.25) is 0 Å². The predicted molar refractivity (Wildman–Crippen MR) is 182 cm³/mol. The van der Waals surface area contributed by atoms with Crippen LogP contribution in [-0.2, 0) is 26.6 Å². The van der Waals surface area contributed by atoms with Gasteiger partial charge in [0.15, 0.2) is 0 Å². The van der Waals surface area contributed by atoms with E-state index in [9.17, 15) is 0 Å². The van der Waals surface area contributed by atoms with Crippen molar-refractivity contribution in [2.24, 2.45) is 0 Å². The van der Waals surface area contributed by atoms with E-state index in [1.54, 1.807) is 65.3 Å². The van der Waals surface area contributed by atoms with Crippen LogP contribution >= 0.6 is 44.3 Å². The van der Waals surface area contributed by atoms with E-state index in [-0.39, 0.29) is 22.9 Å². The Kier molecular flexibility index (Phi) is 12.5. The number of aromatic nitrogens is 2. The molecule has 0 fully saturated rings. The predicted octanol–water partition coefficient (Wildman–Crippen LogP) is 7.69. The Hall–Kier alpha value is -0.886. The van der Waals surface area contributed by atoms with Crippen LogP contribution < -0.4 is 0 Å². The molecule has 0 saturated carbocycles. The highest BCUT2D eigenvalue weighted by Crippen LogP contribution is 2.47. The highest BCUT2D eigenvalue weighted by Gasteiger charge is 2.51. The summed E-state index contributed by atoms with van der Waals surface area (Å²) in [6.07, 6.45) is 0. The second-order valence-corrected chi connectivity index (χ2v) is 21.2. The van der Waals surface area contributed by atoms with Crippen molar-refractivity contribution in [2.75, 3.05) is 54.2 Å². The van der Waals surface area contributed by atoms with Crippen molar-refractivity contribution in [3.8, 4) is 0 Å². The Labute approximate surface area is 267 Å². The van der Waals surface area contributed by atoms with Crippen molar-refractivity contribution in [3.05, 3.63) is 58.5 Å². The Balaban J connectivity index is 1.59. The summed E-state index contributed by atoms with van der Waals surface area (Å²) >= 11 is 3.46. The monoisotopic (exact) mass is 684 g/mol. The molecule has 0 amide bonds. The fourth-order valence-corrected chi connectivity index (χ4v) is 16.1. The normalized spacial score (nSPS) is 15.7. The first kappa shape index (κ1) is 34.0. The van der Waals surface area contributed by atoms with Gasteiger partial charge in [0.25, 0.3) is 0 Å². The third-order valence-corrected chi connectivity index (χ3v) is 19.1. The number of rotatable bonds is 17. The molecule has 0 aliphatic rings. The average molecular weight is 685 g/mol. The van der Waals surface area contributed by atoms with Gasteiger partial charge in [0, 0.05) is 77.1 Å². The van der Waals surface area contributed by atoms with Crippen molar-refractivity contribution < 1.29 is 26.6 Å². The van der Waals surface area contributed by atoms with E-state index < -0.39 is 17.6 Å². The van der Waals surface area contributed by atoms with Crippen molar-refractivity contribution >= 4 is 82.3 Å². The first-order chi connectivity index (χ1) is 20.3. The first-order valence-corrected chi connectivity index (χ1v) is 21.3. The maximum atomic E-state index is 5.92. The minimum atomic E-state index is -2.94. The molecular formula is C28H40N2O6S4Si2. The molecule has 42 heavy (non-hydrogen) atoms. The van der Waals surface area contributed by atoms with Crippen LogP contribution in [0.1, 0.15) is 35.7 Å². The molecule has 0 bridgehead atoms. The number of para-hydroxylation sites is 2. The second kappa shape index (κ2) is 15.4. The molecule has 4 rings (SSSR count). The van der Waals surface area contributed by atoms with Crippen LogP contribution in [0.5, 0.6) is 0 Å². The highest BCUT2D eigenvalue weighted by atomic mass is 33.1. The number of thiazole rings is 2. The smallest absolute Gasteiger partial charge is 0.377 e. The fraction of sp³-hybridized carbons (Fsp3) is 0.500. The zero-order valence-electron chi connectivity index (χ0n) is 25.3. The molecule has 14 heteroatoms. The molecule has 4 unspecified atom stereocenters. The van der Waals surface area contributed by atoms with Gasteiger partial charge < -0.3 is 26.6 Å². The number of nitrogens with zero attached hydrogens (tertiary/aromatic N) is 2. The zero-order valence-corrected chi connectivity index (χ0v) is 30.6. The summed E-state index contributed by atoms with van der Waals surface area (Å²) in [6, 6.07) is 16.5. The molecule has 0 saturated heterocycles. The molecule has 4 aromatic rings. The third-order valence-electron chi connectivity index (χ3n) is 7.86. The summed E-state index contributed by atoms with van der Waals surface area (Å²) in [5.74, 6) is 1.79. The summed E-state index contributed by atoms with van der Waals surface area (Å²) in [5, 5.41) is 2.14. The van der Waals surface area contributed by atoms with Crippen molar-refractivity contribution in [3.63, 3.8) is 0 Å². The zero-order chi connectivity index (χ0) is 30.3. The van der Waals surface area contributed by atoms with Crippen LogP contribution in [0.15, 0.2) is 48.5 Å². The van der Waals surface area contributed by atoms with E-state index in [0.717, 1.165) is 32.6 Å². The van der Waals surface area contributed by atoms with Crippen LogP contribution in [-0.4, -0.2) is 81.7 Å². The average Bonchev–Trinajstić information content (AvgIpc) is 3.65. The standard InChI is InChI=1S/C28H40N2O6S4Si2/c1-19(41(31-3,32-4)33-5)21(27-29-23-13-9-11-15-25(23)39-27)17-37-38-18-22(20(2)42(34-6,35-7)36-8)28-30-24-14-10-12-16-26(24)40-28/h9-16,19-22H,17-18H2,1-8H3. The lowest BCUT2D eigenvalue weighted by Crippen LogP contribution is -2.49. The van der Waals surface area contributed by atoms with E-state index >= 15 is 0 Å². The molecule has 230 valence electrons. The number of hydrogen-bond acceptors (Lipinski definition) is 12. The summed E-state index contributed by atoms with van der Waals surface area (Å²) in [7, 11) is 7.84. The van der Waals surface area contributed by atoms with Crippen LogP contribution in [0, 0.1) is 0 Å². The molecule has 2 aromatic carbocycles. The van der Waals surface area contributed by atoms with Gasteiger partial charge in [-0.2, -0.15) is 0 Å². The molecule has 4 atom stereocenters. The topological polar surface area (TPSA) is 81.2 Å². The number of hydrogen-bond donors (Lipinski definition) is 0. The molecule has 8 nitrogen and oxygen atoms in total. The summed E-state index contributed by atoms with van der Waals surface area (Å²) in [6.45, 7) is 4.32. The lowest BCUT2D eigenvalue weighted by atomic mass is 10.1. The Bertz CT molecular complexity index is 1230. The van der Waals surface area contributed by atoms with Gasteiger partial charge in [-0.15, -0.1) is 22.7 Å². The lowest BCUT2D eigenvalue weighted by Gasteiger charge is -2.35. The number of fused-ring (bicyclic) bond motifs is 2. The van der Waals surface area contributed by atoms with Gasteiger partial charge in [-0.05, 0) is 24.3 Å². The Morgan fingerprint density at radius 2 is 0.929 bits per heavy atom. The van der Waals surface area contributed by atoms with E-state index in [1.807, 2.05) is 33.7 Å².